The standard InChI is InChI=1S/C17H16Cl2N2O3S/c1-10-5-3-4-6-14(10)25-9-15(22)24-11(2)17(23)21-16-13(19)7-12(18)8-20-16/h3-8,11H,9H2,1-2H3,(H,20,21,23)/t11-/m0/s1. The van der Waals surface area contributed by atoms with Crippen LogP contribution >= 0.6 is 35.0 Å². The van der Waals surface area contributed by atoms with E-state index in [4.69, 9.17) is 27.9 Å². The van der Waals surface area contributed by atoms with Crippen molar-refractivity contribution in [3.05, 3.63) is 52.1 Å². The minimum absolute atomic E-state index is 0.114. The van der Waals surface area contributed by atoms with Gasteiger partial charge in [-0.15, -0.1) is 11.8 Å². The molecule has 0 saturated heterocycles. The zero-order valence-corrected chi connectivity index (χ0v) is 15.9. The van der Waals surface area contributed by atoms with Crippen LogP contribution in [0.2, 0.25) is 10.0 Å². The minimum Gasteiger partial charge on any atom is -0.452 e. The Hall–Kier alpha value is -1.76. The third-order valence-electron chi connectivity index (χ3n) is 3.17. The number of carbonyl (C=O) groups excluding carboxylic acids is 2. The van der Waals surface area contributed by atoms with Crippen molar-refractivity contribution in [3.63, 3.8) is 0 Å². The maximum Gasteiger partial charge on any atom is 0.317 e. The maximum absolute atomic E-state index is 12.1. The van der Waals surface area contributed by atoms with Crippen molar-refractivity contribution in [2.24, 2.45) is 0 Å². The molecule has 0 bridgehead atoms. The molecule has 5 nitrogen and oxygen atoms in total. The topological polar surface area (TPSA) is 68.3 Å². The molecule has 0 spiro atoms. The van der Waals surface area contributed by atoms with Crippen LogP contribution in [-0.4, -0.2) is 28.7 Å². The summed E-state index contributed by atoms with van der Waals surface area (Å²) in [6.07, 6.45) is 0.386. The Balaban J connectivity index is 1.85. The van der Waals surface area contributed by atoms with E-state index >= 15 is 0 Å². The number of carbonyl (C=O) groups is 2. The van der Waals surface area contributed by atoms with Crippen molar-refractivity contribution >= 4 is 52.7 Å². The summed E-state index contributed by atoms with van der Waals surface area (Å²) in [5.41, 5.74) is 1.08. The number of rotatable bonds is 6. The van der Waals surface area contributed by atoms with Crippen molar-refractivity contribution < 1.29 is 14.3 Å². The van der Waals surface area contributed by atoms with E-state index in [2.05, 4.69) is 10.3 Å². The number of pyridine rings is 1. The minimum atomic E-state index is -0.974. The number of nitrogens with zero attached hydrogens (tertiary/aromatic N) is 1. The first-order chi connectivity index (χ1) is 11.9. The second-order valence-electron chi connectivity index (χ2n) is 5.16. The van der Waals surface area contributed by atoms with Crippen LogP contribution in [0.1, 0.15) is 12.5 Å². The molecule has 0 saturated carbocycles. The average Bonchev–Trinajstić information content (AvgIpc) is 2.56. The van der Waals surface area contributed by atoms with E-state index < -0.39 is 18.0 Å². The van der Waals surface area contributed by atoms with Crippen LogP contribution in [-0.2, 0) is 14.3 Å². The molecule has 2 aromatic rings. The van der Waals surface area contributed by atoms with Crippen LogP contribution in [0, 0.1) is 6.92 Å². The SMILES string of the molecule is Cc1ccccc1SCC(=O)O[C@@H](C)C(=O)Nc1ncc(Cl)cc1Cl. The molecule has 0 fully saturated rings. The van der Waals surface area contributed by atoms with Crippen LogP contribution in [0.15, 0.2) is 41.4 Å². The van der Waals surface area contributed by atoms with Crippen LogP contribution < -0.4 is 5.32 Å². The van der Waals surface area contributed by atoms with Gasteiger partial charge in [0, 0.05) is 11.1 Å². The predicted molar refractivity (Wildman–Crippen MR) is 100 cm³/mol. The first-order valence-electron chi connectivity index (χ1n) is 7.36. The largest absolute Gasteiger partial charge is 0.452 e. The van der Waals surface area contributed by atoms with Gasteiger partial charge in [0.15, 0.2) is 11.9 Å². The number of halogens is 2. The highest BCUT2D eigenvalue weighted by Crippen LogP contribution is 2.23. The maximum atomic E-state index is 12.1. The summed E-state index contributed by atoms with van der Waals surface area (Å²) >= 11 is 13.1. The fourth-order valence-corrected chi connectivity index (χ4v) is 3.10. The number of nitrogens with one attached hydrogen (secondary N) is 1. The summed E-state index contributed by atoms with van der Waals surface area (Å²) < 4.78 is 5.14. The summed E-state index contributed by atoms with van der Waals surface area (Å²) in [7, 11) is 0. The molecule has 1 atom stereocenters. The van der Waals surface area contributed by atoms with Crippen LogP contribution in [0.4, 0.5) is 5.82 Å². The van der Waals surface area contributed by atoms with E-state index in [1.807, 2.05) is 31.2 Å². The number of hydrogen-bond donors (Lipinski definition) is 1. The van der Waals surface area contributed by atoms with Crippen molar-refractivity contribution in [2.45, 2.75) is 24.8 Å². The van der Waals surface area contributed by atoms with Gasteiger partial charge in [-0.05, 0) is 31.5 Å². The molecule has 1 N–H and O–H groups in total. The van der Waals surface area contributed by atoms with Gasteiger partial charge in [0.1, 0.15) is 0 Å². The molecule has 0 unspecified atom stereocenters. The van der Waals surface area contributed by atoms with E-state index in [-0.39, 0.29) is 16.6 Å². The molecule has 1 amide bonds. The zero-order chi connectivity index (χ0) is 18.4. The number of anilines is 1. The number of thioether (sulfide) groups is 1. The molecule has 1 aromatic heterocycles. The van der Waals surface area contributed by atoms with E-state index in [0.29, 0.717) is 5.02 Å². The van der Waals surface area contributed by atoms with Gasteiger partial charge < -0.3 is 10.1 Å². The van der Waals surface area contributed by atoms with Gasteiger partial charge in [-0.2, -0.15) is 0 Å². The number of aryl methyl sites for hydroxylation is 1. The number of aromatic nitrogens is 1. The molecule has 1 aromatic carbocycles. The number of ether oxygens (including phenoxy) is 1. The van der Waals surface area contributed by atoms with Gasteiger partial charge in [0.25, 0.3) is 5.91 Å². The lowest BCUT2D eigenvalue weighted by Gasteiger charge is -2.14. The lowest BCUT2D eigenvalue weighted by atomic mass is 10.2. The quantitative estimate of drug-likeness (QED) is 0.578. The molecular formula is C17H16Cl2N2O3S. The van der Waals surface area contributed by atoms with Crippen LogP contribution in [0.25, 0.3) is 0 Å². The second-order valence-corrected chi connectivity index (χ2v) is 7.02. The number of esters is 1. The molecule has 8 heteroatoms. The fourth-order valence-electron chi connectivity index (χ4n) is 1.86. The summed E-state index contributed by atoms with van der Waals surface area (Å²) in [4.78, 5) is 28.9. The smallest absolute Gasteiger partial charge is 0.317 e. The highest BCUT2D eigenvalue weighted by Gasteiger charge is 2.19. The Morgan fingerprint density at radius 3 is 2.72 bits per heavy atom. The van der Waals surface area contributed by atoms with E-state index in [1.165, 1.54) is 30.9 Å². The Kier molecular flexibility index (Phi) is 7.11. The van der Waals surface area contributed by atoms with Gasteiger partial charge in [0.2, 0.25) is 0 Å². The normalized spacial score (nSPS) is 11.7. The number of amides is 1. The summed E-state index contributed by atoms with van der Waals surface area (Å²) in [5.74, 6) is -0.729. The van der Waals surface area contributed by atoms with E-state index in [1.54, 1.807) is 0 Å². The van der Waals surface area contributed by atoms with Gasteiger partial charge in [-0.3, -0.25) is 9.59 Å². The van der Waals surface area contributed by atoms with Crippen molar-refractivity contribution in [2.75, 3.05) is 11.1 Å². The van der Waals surface area contributed by atoms with E-state index in [0.717, 1.165) is 10.5 Å². The lowest BCUT2D eigenvalue weighted by Crippen LogP contribution is -2.30. The Labute approximate surface area is 160 Å². The molecular weight excluding hydrogens is 383 g/mol. The van der Waals surface area contributed by atoms with Crippen molar-refractivity contribution in [1.29, 1.82) is 0 Å². The predicted octanol–water partition coefficient (Wildman–Crippen LogP) is 4.36. The monoisotopic (exact) mass is 398 g/mol. The molecule has 0 radical (unpaired) electrons. The van der Waals surface area contributed by atoms with Gasteiger partial charge in [-0.25, -0.2) is 4.98 Å². The third kappa shape index (κ3) is 5.92. The van der Waals surface area contributed by atoms with Crippen LogP contribution in [0.3, 0.4) is 0 Å². The molecule has 0 aliphatic heterocycles. The molecule has 0 aliphatic carbocycles. The molecule has 25 heavy (non-hydrogen) atoms. The fraction of sp³-hybridized carbons (Fsp3) is 0.235. The lowest BCUT2D eigenvalue weighted by molar-refractivity contribution is -0.150. The molecule has 0 aliphatic rings. The average molecular weight is 399 g/mol. The Morgan fingerprint density at radius 2 is 2.04 bits per heavy atom. The summed E-state index contributed by atoms with van der Waals surface area (Å²) in [6.45, 7) is 3.45. The number of hydrogen-bond acceptors (Lipinski definition) is 5. The molecule has 2 rings (SSSR count). The molecule has 132 valence electrons. The van der Waals surface area contributed by atoms with Crippen LogP contribution in [0.5, 0.6) is 0 Å². The second kappa shape index (κ2) is 9.08. The highest BCUT2D eigenvalue weighted by atomic mass is 35.5. The zero-order valence-electron chi connectivity index (χ0n) is 13.6. The summed E-state index contributed by atoms with van der Waals surface area (Å²) in [6, 6.07) is 9.19. The molecule has 1 heterocycles. The summed E-state index contributed by atoms with van der Waals surface area (Å²) in [5, 5.41) is 3.06. The van der Waals surface area contributed by atoms with Gasteiger partial charge >= 0.3 is 5.97 Å². The van der Waals surface area contributed by atoms with Gasteiger partial charge in [-0.1, -0.05) is 41.4 Å². The Bertz CT molecular complexity index is 786. The first-order valence-corrected chi connectivity index (χ1v) is 9.11. The van der Waals surface area contributed by atoms with Crippen molar-refractivity contribution in [3.8, 4) is 0 Å². The van der Waals surface area contributed by atoms with Gasteiger partial charge in [0.05, 0.1) is 15.8 Å². The number of benzene rings is 1. The van der Waals surface area contributed by atoms with Crippen molar-refractivity contribution in [1.82, 2.24) is 4.98 Å². The highest BCUT2D eigenvalue weighted by molar-refractivity contribution is 8.00. The first kappa shape index (κ1) is 19.6. The Morgan fingerprint density at radius 1 is 1.32 bits per heavy atom. The third-order valence-corrected chi connectivity index (χ3v) is 4.81. The van der Waals surface area contributed by atoms with E-state index in [9.17, 15) is 9.59 Å².